The van der Waals surface area contributed by atoms with Gasteiger partial charge in [-0.05, 0) is 58.7 Å². The van der Waals surface area contributed by atoms with Gasteiger partial charge in [-0.25, -0.2) is 38.9 Å². The number of benzene rings is 7. The molecular weight excluding hydrogens is 1130 g/mol. The summed E-state index contributed by atoms with van der Waals surface area (Å²) in [5, 5.41) is 49.6. The van der Waals surface area contributed by atoms with Crippen LogP contribution in [0.4, 0.5) is 26.7 Å². The number of anilines is 3. The SMILES string of the molecule is COC(=O)c1nc(-c2cccc(N)c2)[nH]c(=O)c1O.COC(=O)c1nc(-c2cccc(NC(=O)NC(c3ccccc3)c3ccccc3)c2)[nH]c(=O)c1O.O=C(Nc1cccc(-c2nc(C(=O)O)c(O)c(=O)[nH]2)c1)NC(c1ccccc1)c1ccccc1. The van der Waals surface area contributed by atoms with E-state index in [1.54, 1.807) is 66.7 Å². The summed E-state index contributed by atoms with van der Waals surface area (Å²) in [5.41, 5.74) is 7.45. The topological polar surface area (TPSA) is 396 Å². The lowest BCUT2D eigenvalue weighted by molar-refractivity contribution is 0.0580. The minimum Gasteiger partial charge on any atom is -0.501 e. The van der Waals surface area contributed by atoms with Crippen molar-refractivity contribution in [3.8, 4) is 51.4 Å². The number of carboxylic acids is 1. The van der Waals surface area contributed by atoms with Crippen LogP contribution in [0.25, 0.3) is 34.2 Å². The smallest absolute Gasteiger partial charge is 0.360 e. The number of nitrogens with one attached hydrogen (secondary N) is 7. The van der Waals surface area contributed by atoms with Crippen molar-refractivity contribution in [2.24, 2.45) is 0 Å². The first-order valence-corrected chi connectivity index (χ1v) is 26.2. The number of aromatic carboxylic acids is 1. The molecule has 0 saturated carbocycles. The van der Waals surface area contributed by atoms with Gasteiger partial charge in [0, 0.05) is 33.8 Å². The first kappa shape index (κ1) is 61.4. The van der Waals surface area contributed by atoms with Gasteiger partial charge >= 0.3 is 30.0 Å². The van der Waals surface area contributed by atoms with Crippen LogP contribution in [-0.4, -0.2) is 94.5 Å². The van der Waals surface area contributed by atoms with E-state index < -0.39 is 81.0 Å². The molecule has 4 amide bonds. The number of H-pyrrole nitrogens is 3. The zero-order chi connectivity index (χ0) is 62.9. The average Bonchev–Trinajstić information content (AvgIpc) is 3.74. The second-order valence-electron chi connectivity index (χ2n) is 18.6. The number of aromatic nitrogens is 6. The largest absolute Gasteiger partial charge is 0.501 e. The van der Waals surface area contributed by atoms with E-state index in [1.165, 1.54) is 6.07 Å². The molecule has 444 valence electrons. The zero-order valence-electron chi connectivity index (χ0n) is 46.4. The number of hydrogen-bond donors (Lipinski definition) is 12. The lowest BCUT2D eigenvalue weighted by atomic mass is 9.99. The number of aromatic amines is 3. The minimum absolute atomic E-state index is 0.0312. The Morgan fingerprint density at radius 3 is 1.06 bits per heavy atom. The van der Waals surface area contributed by atoms with E-state index in [9.17, 15) is 53.7 Å². The van der Waals surface area contributed by atoms with E-state index in [0.717, 1.165) is 36.5 Å². The summed E-state index contributed by atoms with van der Waals surface area (Å²) in [6, 6.07) is 56.0. The van der Waals surface area contributed by atoms with Crippen molar-refractivity contribution >= 4 is 47.0 Å². The highest BCUT2D eigenvalue weighted by atomic mass is 16.5. The van der Waals surface area contributed by atoms with Crippen molar-refractivity contribution in [3.63, 3.8) is 0 Å². The number of carboxylic acid groups (broad SMARTS) is 1. The van der Waals surface area contributed by atoms with Crippen molar-refractivity contribution in [3.05, 3.63) is 265 Å². The average molecular weight is 1190 g/mol. The lowest BCUT2D eigenvalue weighted by Gasteiger charge is -2.20. The van der Waals surface area contributed by atoms with Crippen LogP contribution in [0.1, 0.15) is 65.8 Å². The number of hydrogen-bond acceptors (Lipinski definition) is 17. The summed E-state index contributed by atoms with van der Waals surface area (Å²) in [7, 11) is 2.25. The minimum atomic E-state index is -1.54. The van der Waals surface area contributed by atoms with Crippen LogP contribution < -0.4 is 43.7 Å². The number of ether oxygens (including phenoxy) is 2. The summed E-state index contributed by atoms with van der Waals surface area (Å²) in [5.74, 6) is -5.87. The molecule has 10 aromatic rings. The van der Waals surface area contributed by atoms with Crippen LogP contribution in [0.15, 0.2) is 209 Å². The molecule has 25 nitrogen and oxygen atoms in total. The Labute approximate surface area is 498 Å². The van der Waals surface area contributed by atoms with Gasteiger partial charge in [0.15, 0.2) is 17.1 Å². The quantitative estimate of drug-likeness (QED) is 0.0361. The number of amides is 4. The molecular formula is C63H53N11O14. The van der Waals surface area contributed by atoms with Crippen molar-refractivity contribution < 1.29 is 53.9 Å². The summed E-state index contributed by atoms with van der Waals surface area (Å²) in [4.78, 5) is 115. The standard InChI is InChI=1S/C26H22N4O5.C25H20N4O5.C12H11N3O4/c1-35-25(33)21-22(31)24(32)30-23(28-21)18-13-8-14-19(15-18)27-26(34)29-20(16-9-4-2-5-10-16)17-11-6-3-7-12-17;30-21-20(24(32)33)27-22(29-23(21)31)17-12-7-13-18(14-17)26-25(34)28-19(15-8-3-1-4-9-15)16-10-5-2-6-11-16;1-19-12(18)8-9(16)11(17)15-10(14-8)6-3-2-4-7(13)5-6/h2-15,20,31H,1H3,(H2,27,29,34)(H,28,30,32);1-14,19,30H,(H,32,33)(H2,26,28,34)(H,27,29,31);2-5,16H,13H2,1H3,(H,14,15,17). The normalized spacial score (nSPS) is 10.5. The third kappa shape index (κ3) is 15.5. The Morgan fingerprint density at radius 1 is 0.432 bits per heavy atom. The fourth-order valence-electron chi connectivity index (χ4n) is 8.51. The zero-order valence-corrected chi connectivity index (χ0v) is 46.4. The fraction of sp³-hybridized carbons (Fsp3) is 0.0635. The molecule has 0 spiro atoms. The summed E-state index contributed by atoms with van der Waals surface area (Å²) in [6.45, 7) is 0. The van der Waals surface area contributed by atoms with Crippen LogP contribution >= 0.6 is 0 Å². The Morgan fingerprint density at radius 2 is 0.739 bits per heavy atom. The maximum atomic E-state index is 12.9. The number of carbonyl (C=O) groups excluding carboxylic acids is 4. The summed E-state index contributed by atoms with van der Waals surface area (Å²) < 4.78 is 9.02. The molecule has 7 aromatic carbocycles. The van der Waals surface area contributed by atoms with Crippen molar-refractivity contribution in [2.75, 3.05) is 30.6 Å². The molecule has 0 radical (unpaired) electrons. The van der Waals surface area contributed by atoms with E-state index >= 15 is 0 Å². The van der Waals surface area contributed by atoms with Crippen LogP contribution in [0.5, 0.6) is 17.2 Å². The molecule has 0 fully saturated rings. The van der Waals surface area contributed by atoms with Crippen molar-refractivity contribution in [1.29, 1.82) is 0 Å². The highest BCUT2D eigenvalue weighted by Gasteiger charge is 2.23. The van der Waals surface area contributed by atoms with Crippen LogP contribution in [0.2, 0.25) is 0 Å². The van der Waals surface area contributed by atoms with Gasteiger partial charge in [-0.15, -0.1) is 0 Å². The molecule has 0 unspecified atom stereocenters. The number of esters is 2. The molecule has 0 atom stereocenters. The number of aromatic hydroxyl groups is 3. The molecule has 0 saturated heterocycles. The molecule has 25 heteroatoms. The predicted molar refractivity (Wildman–Crippen MR) is 324 cm³/mol. The maximum absolute atomic E-state index is 12.9. The van der Waals surface area contributed by atoms with Crippen molar-refractivity contribution in [1.82, 2.24) is 40.5 Å². The van der Waals surface area contributed by atoms with E-state index in [2.05, 4.69) is 60.6 Å². The Hall–Kier alpha value is -12.7. The predicted octanol–water partition coefficient (Wildman–Crippen LogP) is 8.10. The van der Waals surface area contributed by atoms with Gasteiger partial charge in [0.25, 0.3) is 16.7 Å². The number of rotatable bonds is 14. The fourth-order valence-corrected chi connectivity index (χ4v) is 8.51. The number of carbonyl (C=O) groups is 5. The van der Waals surface area contributed by atoms with E-state index in [1.807, 2.05) is 121 Å². The molecule has 3 aromatic heterocycles. The highest BCUT2D eigenvalue weighted by molar-refractivity contribution is 5.93. The molecule has 0 aliphatic carbocycles. The lowest BCUT2D eigenvalue weighted by Crippen LogP contribution is -2.33. The first-order chi connectivity index (χ1) is 42.4. The third-order valence-corrected chi connectivity index (χ3v) is 12.7. The van der Waals surface area contributed by atoms with E-state index in [-0.39, 0.29) is 29.6 Å². The number of urea groups is 2. The highest BCUT2D eigenvalue weighted by Crippen LogP contribution is 2.27. The van der Waals surface area contributed by atoms with Crippen molar-refractivity contribution in [2.45, 2.75) is 12.1 Å². The summed E-state index contributed by atoms with van der Waals surface area (Å²) in [6.07, 6.45) is 0. The molecule has 0 aliphatic rings. The van der Waals surface area contributed by atoms with Gasteiger partial charge in [-0.2, -0.15) is 0 Å². The van der Waals surface area contributed by atoms with Gasteiger partial charge < -0.3 is 71.9 Å². The number of nitrogens with two attached hydrogens (primary N) is 1. The van der Waals surface area contributed by atoms with E-state index in [0.29, 0.717) is 33.8 Å². The molecule has 0 aliphatic heterocycles. The van der Waals surface area contributed by atoms with Gasteiger partial charge in [-0.1, -0.05) is 158 Å². The van der Waals surface area contributed by atoms with Gasteiger partial charge in [0.05, 0.1) is 26.3 Å². The Bertz CT molecular complexity index is 4260. The van der Waals surface area contributed by atoms with Crippen LogP contribution in [-0.2, 0) is 9.47 Å². The molecule has 3 heterocycles. The van der Waals surface area contributed by atoms with Gasteiger partial charge in [0.2, 0.25) is 17.2 Å². The number of methoxy groups -OCH3 is 2. The first-order valence-electron chi connectivity index (χ1n) is 26.2. The van der Waals surface area contributed by atoms with E-state index in [4.69, 9.17) is 10.8 Å². The summed E-state index contributed by atoms with van der Waals surface area (Å²) >= 11 is 0. The monoisotopic (exact) mass is 1190 g/mol. The molecule has 0 bridgehead atoms. The van der Waals surface area contributed by atoms with Crippen LogP contribution in [0.3, 0.4) is 0 Å². The number of nitrogen functional groups attached to an aromatic ring is 1. The second-order valence-corrected chi connectivity index (χ2v) is 18.6. The number of nitrogens with zero attached hydrogens (tertiary/aromatic N) is 3. The Balaban J connectivity index is 0.000000179. The maximum Gasteiger partial charge on any atom is 0.360 e. The van der Waals surface area contributed by atoms with Gasteiger partial charge in [-0.3, -0.25) is 14.4 Å². The molecule has 10 rings (SSSR count). The second kappa shape index (κ2) is 28.5. The molecule has 88 heavy (non-hydrogen) atoms. The van der Waals surface area contributed by atoms with Crippen LogP contribution in [0, 0.1) is 0 Å². The third-order valence-electron chi connectivity index (χ3n) is 12.7. The molecule has 13 N–H and O–H groups in total. The van der Waals surface area contributed by atoms with Gasteiger partial charge in [0.1, 0.15) is 17.5 Å². The Kier molecular flexibility index (Phi) is 19.9.